The third-order valence-corrected chi connectivity index (χ3v) is 3.24. The van der Waals surface area contributed by atoms with E-state index < -0.39 is 0 Å². The Balaban J connectivity index is 1.85. The molecule has 0 spiro atoms. The minimum Gasteiger partial charge on any atom is -0.373 e. The van der Waals surface area contributed by atoms with E-state index in [2.05, 4.69) is 15.4 Å². The van der Waals surface area contributed by atoms with Crippen molar-refractivity contribution in [3.8, 4) is 0 Å². The Morgan fingerprint density at radius 1 is 1.45 bits per heavy atom. The lowest BCUT2D eigenvalue weighted by atomic mass is 10.1. The van der Waals surface area contributed by atoms with Gasteiger partial charge in [-0.1, -0.05) is 19.0 Å². The lowest BCUT2D eigenvalue weighted by Crippen LogP contribution is -2.48. The van der Waals surface area contributed by atoms with E-state index in [1.54, 1.807) is 6.07 Å². The summed E-state index contributed by atoms with van der Waals surface area (Å²) < 4.78 is 10.7. The molecule has 0 aliphatic carbocycles. The molecule has 1 aliphatic heterocycles. The predicted molar refractivity (Wildman–Crippen MR) is 75.7 cm³/mol. The number of aromatic nitrogens is 1. The van der Waals surface area contributed by atoms with Crippen LogP contribution in [0.25, 0.3) is 0 Å². The fourth-order valence-electron chi connectivity index (χ4n) is 2.41. The monoisotopic (exact) mass is 281 g/mol. The van der Waals surface area contributed by atoms with Gasteiger partial charge in [-0.25, -0.2) is 0 Å². The Bertz CT molecular complexity index is 448. The molecule has 1 aromatic rings. The van der Waals surface area contributed by atoms with E-state index in [1.807, 2.05) is 27.7 Å². The van der Waals surface area contributed by atoms with Crippen molar-refractivity contribution >= 4 is 11.8 Å². The topological polar surface area (TPSA) is 67.6 Å². The van der Waals surface area contributed by atoms with Crippen LogP contribution in [0.15, 0.2) is 10.6 Å². The number of carbonyl (C=O) groups excluding carboxylic acids is 1. The van der Waals surface area contributed by atoms with E-state index in [0.717, 1.165) is 18.8 Å². The summed E-state index contributed by atoms with van der Waals surface area (Å²) >= 11 is 0. The van der Waals surface area contributed by atoms with Crippen molar-refractivity contribution in [1.29, 1.82) is 0 Å². The highest BCUT2D eigenvalue weighted by molar-refractivity contribution is 5.90. The van der Waals surface area contributed by atoms with Gasteiger partial charge in [0.2, 0.25) is 11.8 Å². The number of hydrogen-bond acceptors (Lipinski definition) is 5. The molecule has 0 aromatic carbocycles. The summed E-state index contributed by atoms with van der Waals surface area (Å²) in [5, 5.41) is 6.66. The second-order valence-corrected chi connectivity index (χ2v) is 5.77. The van der Waals surface area contributed by atoms with Gasteiger partial charge < -0.3 is 9.26 Å². The molecule has 20 heavy (non-hydrogen) atoms. The second-order valence-electron chi connectivity index (χ2n) is 5.77. The molecule has 1 saturated heterocycles. The van der Waals surface area contributed by atoms with Gasteiger partial charge in [0.05, 0.1) is 24.4 Å². The maximum Gasteiger partial charge on any atom is 0.240 e. The molecule has 6 heteroatoms. The van der Waals surface area contributed by atoms with Crippen molar-refractivity contribution in [3.63, 3.8) is 0 Å². The maximum absolute atomic E-state index is 12.0. The first-order valence-corrected chi connectivity index (χ1v) is 7.08. The molecule has 2 rings (SSSR count). The largest absolute Gasteiger partial charge is 0.373 e. The highest BCUT2D eigenvalue weighted by atomic mass is 16.5. The van der Waals surface area contributed by atoms with Crippen LogP contribution in [0.4, 0.5) is 5.88 Å². The molecule has 0 saturated carbocycles. The zero-order valence-corrected chi connectivity index (χ0v) is 12.5. The van der Waals surface area contributed by atoms with Crippen LogP contribution in [-0.4, -0.2) is 47.8 Å². The Kier molecular flexibility index (Phi) is 4.77. The fraction of sp³-hybridized carbons (Fsp3) is 0.714. The first-order valence-electron chi connectivity index (χ1n) is 7.08. The van der Waals surface area contributed by atoms with Crippen LogP contribution in [0.1, 0.15) is 39.3 Å². The molecule has 1 fully saturated rings. The molecule has 1 amide bonds. The maximum atomic E-state index is 12.0. The van der Waals surface area contributed by atoms with Gasteiger partial charge in [0.15, 0.2) is 0 Å². The van der Waals surface area contributed by atoms with Gasteiger partial charge in [-0.15, -0.1) is 0 Å². The van der Waals surface area contributed by atoms with Crippen LogP contribution in [0.5, 0.6) is 0 Å². The summed E-state index contributed by atoms with van der Waals surface area (Å²) in [6.45, 7) is 9.98. The van der Waals surface area contributed by atoms with Crippen LogP contribution in [-0.2, 0) is 9.53 Å². The average molecular weight is 281 g/mol. The number of ether oxygens (including phenoxy) is 1. The predicted octanol–water partition coefficient (Wildman–Crippen LogP) is 1.85. The minimum atomic E-state index is -0.0854. The molecule has 2 atom stereocenters. The molecule has 1 aliphatic rings. The molecule has 2 heterocycles. The van der Waals surface area contributed by atoms with Crippen LogP contribution in [0, 0.1) is 0 Å². The van der Waals surface area contributed by atoms with Gasteiger partial charge in [-0.05, 0) is 19.8 Å². The lowest BCUT2D eigenvalue weighted by Gasteiger charge is -2.34. The molecular weight excluding hydrogens is 258 g/mol. The number of nitrogens with zero attached hydrogens (tertiary/aromatic N) is 2. The summed E-state index contributed by atoms with van der Waals surface area (Å²) in [4.78, 5) is 14.1. The van der Waals surface area contributed by atoms with Gasteiger partial charge in [0.25, 0.3) is 0 Å². The molecule has 6 nitrogen and oxygen atoms in total. The third-order valence-electron chi connectivity index (χ3n) is 3.24. The fourth-order valence-corrected chi connectivity index (χ4v) is 2.41. The zero-order valence-electron chi connectivity index (χ0n) is 12.5. The SMILES string of the molecule is CC(C)c1cc(NC(=O)CN2C[C@@H](C)O[C@H](C)C2)on1. The van der Waals surface area contributed by atoms with Crippen LogP contribution in [0.2, 0.25) is 0 Å². The second kappa shape index (κ2) is 6.37. The van der Waals surface area contributed by atoms with Crippen molar-refractivity contribution in [2.45, 2.75) is 45.8 Å². The van der Waals surface area contributed by atoms with E-state index in [-0.39, 0.29) is 24.0 Å². The van der Waals surface area contributed by atoms with Crippen molar-refractivity contribution in [2.24, 2.45) is 0 Å². The van der Waals surface area contributed by atoms with E-state index >= 15 is 0 Å². The number of anilines is 1. The standard InChI is InChI=1S/C14H23N3O3/c1-9(2)12-5-14(20-16-12)15-13(18)8-17-6-10(3)19-11(4)7-17/h5,9-11H,6-8H2,1-4H3,(H,15,18)/t10-,11-/m1/s1. The summed E-state index contributed by atoms with van der Waals surface area (Å²) in [6, 6.07) is 1.77. The summed E-state index contributed by atoms with van der Waals surface area (Å²) in [5.41, 5.74) is 0.842. The van der Waals surface area contributed by atoms with E-state index in [1.165, 1.54) is 0 Å². The smallest absolute Gasteiger partial charge is 0.240 e. The van der Waals surface area contributed by atoms with Crippen molar-refractivity contribution in [1.82, 2.24) is 10.1 Å². The molecule has 0 radical (unpaired) electrons. The van der Waals surface area contributed by atoms with Gasteiger partial charge in [0, 0.05) is 19.2 Å². The van der Waals surface area contributed by atoms with Crippen LogP contribution >= 0.6 is 0 Å². The Morgan fingerprint density at radius 2 is 2.10 bits per heavy atom. The number of carbonyl (C=O) groups is 1. The Labute approximate surface area is 119 Å². The summed E-state index contributed by atoms with van der Waals surface area (Å²) in [7, 11) is 0. The van der Waals surface area contributed by atoms with Gasteiger partial charge in [0.1, 0.15) is 0 Å². The molecular formula is C14H23N3O3. The third kappa shape index (κ3) is 4.05. The normalized spacial score (nSPS) is 24.1. The van der Waals surface area contributed by atoms with Gasteiger partial charge in [-0.2, -0.15) is 0 Å². The van der Waals surface area contributed by atoms with Crippen molar-refractivity contribution < 1.29 is 14.1 Å². The quantitative estimate of drug-likeness (QED) is 0.912. The number of nitrogens with one attached hydrogen (secondary N) is 1. The molecule has 0 bridgehead atoms. The number of morpholine rings is 1. The van der Waals surface area contributed by atoms with E-state index in [4.69, 9.17) is 9.26 Å². The molecule has 112 valence electrons. The molecule has 1 N–H and O–H groups in total. The summed E-state index contributed by atoms with van der Waals surface area (Å²) in [5.74, 6) is 0.608. The van der Waals surface area contributed by atoms with Crippen molar-refractivity contribution in [3.05, 3.63) is 11.8 Å². The van der Waals surface area contributed by atoms with Gasteiger partial charge in [-0.3, -0.25) is 15.0 Å². The zero-order chi connectivity index (χ0) is 14.7. The van der Waals surface area contributed by atoms with E-state index in [9.17, 15) is 4.79 Å². The minimum absolute atomic E-state index is 0.0854. The number of rotatable bonds is 4. The Hall–Kier alpha value is -1.40. The van der Waals surface area contributed by atoms with E-state index in [0.29, 0.717) is 12.4 Å². The van der Waals surface area contributed by atoms with Crippen LogP contribution < -0.4 is 5.32 Å². The van der Waals surface area contributed by atoms with Gasteiger partial charge >= 0.3 is 0 Å². The lowest BCUT2D eigenvalue weighted by molar-refractivity contribution is -0.121. The number of amides is 1. The molecule has 1 aromatic heterocycles. The molecule has 0 unspecified atom stereocenters. The number of hydrogen-bond donors (Lipinski definition) is 1. The highest BCUT2D eigenvalue weighted by Gasteiger charge is 2.24. The summed E-state index contributed by atoms with van der Waals surface area (Å²) in [6.07, 6.45) is 0.314. The van der Waals surface area contributed by atoms with Crippen LogP contribution in [0.3, 0.4) is 0 Å². The highest BCUT2D eigenvalue weighted by Crippen LogP contribution is 2.17. The average Bonchev–Trinajstić information content (AvgIpc) is 2.75. The Morgan fingerprint density at radius 3 is 2.65 bits per heavy atom. The first kappa shape index (κ1) is 15.0. The van der Waals surface area contributed by atoms with Crippen molar-refractivity contribution in [2.75, 3.05) is 25.0 Å². The first-order chi connectivity index (χ1) is 9.44.